The summed E-state index contributed by atoms with van der Waals surface area (Å²) >= 11 is 0. The second kappa shape index (κ2) is 3.29. The van der Waals surface area contributed by atoms with Crippen LogP contribution in [0.3, 0.4) is 0 Å². The molecule has 0 saturated heterocycles. The van der Waals surface area contributed by atoms with Crippen LogP contribution in [0.15, 0.2) is 0 Å². The second-order valence-electron chi connectivity index (χ2n) is 1.59. The maximum atomic E-state index is 9.64. The molecule has 1 unspecified atom stereocenters. The molecular formula is C5H9O3. The Labute approximate surface area is 48.3 Å². The van der Waals surface area contributed by atoms with Crippen molar-refractivity contribution in [2.75, 3.05) is 0 Å². The first-order valence-electron chi connectivity index (χ1n) is 2.54. The van der Waals surface area contributed by atoms with Crippen LogP contribution in [0.25, 0.3) is 0 Å². The van der Waals surface area contributed by atoms with Gasteiger partial charge >= 0.3 is 6.16 Å². The first-order chi connectivity index (χ1) is 3.66. The third-order valence-electron chi connectivity index (χ3n) is 0.872. The van der Waals surface area contributed by atoms with E-state index >= 15 is 0 Å². The van der Waals surface area contributed by atoms with Crippen LogP contribution < -0.4 is 0 Å². The van der Waals surface area contributed by atoms with E-state index in [1.54, 1.807) is 6.92 Å². The molecule has 0 aromatic carbocycles. The summed E-state index contributed by atoms with van der Waals surface area (Å²) in [4.78, 5) is 9.64. The van der Waals surface area contributed by atoms with Crippen molar-refractivity contribution in [2.24, 2.45) is 0 Å². The van der Waals surface area contributed by atoms with Gasteiger partial charge in [-0.1, -0.05) is 6.92 Å². The third kappa shape index (κ3) is 3.46. The normalized spacial score (nSPS) is 12.8. The van der Waals surface area contributed by atoms with Gasteiger partial charge in [-0.05, 0) is 13.3 Å². The van der Waals surface area contributed by atoms with Crippen molar-refractivity contribution in [2.45, 2.75) is 26.4 Å². The van der Waals surface area contributed by atoms with Gasteiger partial charge in [-0.15, -0.1) is 0 Å². The van der Waals surface area contributed by atoms with E-state index in [9.17, 15) is 9.90 Å². The molecule has 3 nitrogen and oxygen atoms in total. The van der Waals surface area contributed by atoms with E-state index in [2.05, 4.69) is 4.74 Å². The fourth-order valence-electron chi connectivity index (χ4n) is 0.248. The molecule has 0 spiro atoms. The molecular weight excluding hydrogens is 108 g/mol. The molecule has 0 bridgehead atoms. The van der Waals surface area contributed by atoms with Crippen LogP contribution >= 0.6 is 0 Å². The van der Waals surface area contributed by atoms with Gasteiger partial charge in [0.1, 0.15) is 6.10 Å². The van der Waals surface area contributed by atoms with Crippen LogP contribution in [-0.4, -0.2) is 12.3 Å². The van der Waals surface area contributed by atoms with Crippen LogP contribution in [-0.2, 0) is 9.84 Å². The molecule has 1 radical (unpaired) electrons. The maximum Gasteiger partial charge on any atom is 0.550 e. The number of ether oxygens (including phenoxy) is 1. The van der Waals surface area contributed by atoms with Crippen LogP contribution in [0.5, 0.6) is 0 Å². The molecule has 8 heavy (non-hydrogen) atoms. The largest absolute Gasteiger partial charge is 0.550 e. The van der Waals surface area contributed by atoms with Gasteiger partial charge in [0, 0.05) is 0 Å². The van der Waals surface area contributed by atoms with Crippen molar-refractivity contribution in [3.8, 4) is 0 Å². The summed E-state index contributed by atoms with van der Waals surface area (Å²) in [6.45, 7) is 3.52. The molecule has 0 aliphatic carbocycles. The van der Waals surface area contributed by atoms with Crippen molar-refractivity contribution in [1.82, 2.24) is 0 Å². The second-order valence-corrected chi connectivity index (χ2v) is 1.59. The Balaban J connectivity index is 3.24. The van der Waals surface area contributed by atoms with E-state index in [0.29, 0.717) is 6.42 Å². The Morgan fingerprint density at radius 2 is 2.25 bits per heavy atom. The van der Waals surface area contributed by atoms with E-state index in [1.807, 2.05) is 6.92 Å². The standard InChI is InChI=1S/C5H9O3/c1-3-4(2)8-5(6)7/h4H,3H2,1-2H3. The lowest BCUT2D eigenvalue weighted by Crippen LogP contribution is -2.09. The Morgan fingerprint density at radius 3 is 2.38 bits per heavy atom. The van der Waals surface area contributed by atoms with Crippen LogP contribution in [0.2, 0.25) is 0 Å². The Hall–Kier alpha value is -0.730. The van der Waals surface area contributed by atoms with Crippen LogP contribution in [0.4, 0.5) is 4.79 Å². The number of rotatable bonds is 2. The lowest BCUT2D eigenvalue weighted by atomic mass is 10.3. The zero-order valence-electron chi connectivity index (χ0n) is 5.01. The van der Waals surface area contributed by atoms with Crippen molar-refractivity contribution in [3.05, 3.63) is 0 Å². The zero-order valence-corrected chi connectivity index (χ0v) is 5.01. The molecule has 0 N–H and O–H groups in total. The molecule has 0 rings (SSSR count). The van der Waals surface area contributed by atoms with Gasteiger partial charge in [-0.25, -0.2) is 0 Å². The van der Waals surface area contributed by atoms with Gasteiger partial charge in [0.2, 0.25) is 0 Å². The summed E-state index contributed by atoms with van der Waals surface area (Å²) in [5.74, 6) is 0. The molecule has 1 atom stereocenters. The number of hydrogen-bond donors (Lipinski definition) is 0. The fraction of sp³-hybridized carbons (Fsp3) is 0.800. The minimum Gasteiger partial charge on any atom is -0.429 e. The topological polar surface area (TPSA) is 46.2 Å². The molecule has 0 aromatic heterocycles. The highest BCUT2D eigenvalue weighted by Gasteiger charge is 2.04. The van der Waals surface area contributed by atoms with Gasteiger partial charge in [0.05, 0.1) is 0 Å². The van der Waals surface area contributed by atoms with Gasteiger partial charge in [0.15, 0.2) is 0 Å². The molecule has 0 saturated carbocycles. The smallest absolute Gasteiger partial charge is 0.429 e. The molecule has 0 aliphatic heterocycles. The van der Waals surface area contributed by atoms with Gasteiger partial charge in [0.25, 0.3) is 0 Å². The number of carbonyl (C=O) groups is 1. The summed E-state index contributed by atoms with van der Waals surface area (Å²) in [6, 6.07) is 0. The highest BCUT2D eigenvalue weighted by atomic mass is 16.7. The molecule has 0 aromatic rings. The van der Waals surface area contributed by atoms with Gasteiger partial charge < -0.3 is 4.74 Å². The minimum atomic E-state index is -1.45. The molecule has 0 fully saturated rings. The van der Waals surface area contributed by atoms with Crippen molar-refractivity contribution < 1.29 is 14.6 Å². The van der Waals surface area contributed by atoms with Crippen LogP contribution in [0.1, 0.15) is 20.3 Å². The highest BCUT2D eigenvalue weighted by molar-refractivity contribution is 5.56. The lowest BCUT2D eigenvalue weighted by Gasteiger charge is -2.03. The SMILES string of the molecule is CCC(C)OC([O])=O. The summed E-state index contributed by atoms with van der Waals surface area (Å²) in [7, 11) is 0. The Kier molecular flexibility index (Phi) is 2.99. The van der Waals surface area contributed by atoms with Crippen molar-refractivity contribution in [1.29, 1.82) is 0 Å². The zero-order chi connectivity index (χ0) is 6.57. The lowest BCUT2D eigenvalue weighted by molar-refractivity contribution is 0.0374. The van der Waals surface area contributed by atoms with Crippen LogP contribution in [0, 0.1) is 0 Å². The quantitative estimate of drug-likeness (QED) is 0.512. The van der Waals surface area contributed by atoms with Crippen molar-refractivity contribution >= 4 is 6.16 Å². The van der Waals surface area contributed by atoms with E-state index in [1.165, 1.54) is 0 Å². The van der Waals surface area contributed by atoms with Crippen molar-refractivity contribution in [3.63, 3.8) is 0 Å². The highest BCUT2D eigenvalue weighted by Crippen LogP contribution is 1.94. The summed E-state index contributed by atoms with van der Waals surface area (Å²) in [5, 5.41) is 9.64. The Morgan fingerprint density at radius 1 is 1.75 bits per heavy atom. The average Bonchev–Trinajstić information content (AvgIpc) is 1.65. The molecule has 0 heterocycles. The molecule has 0 aliphatic rings. The minimum absolute atomic E-state index is 0.236. The molecule has 47 valence electrons. The average molecular weight is 117 g/mol. The van der Waals surface area contributed by atoms with E-state index in [0.717, 1.165) is 0 Å². The molecule has 0 amide bonds. The number of carbonyl (C=O) groups excluding carboxylic acids is 1. The first kappa shape index (κ1) is 7.27. The predicted molar refractivity (Wildman–Crippen MR) is 26.9 cm³/mol. The predicted octanol–water partition coefficient (Wildman–Crippen LogP) is 1.35. The monoisotopic (exact) mass is 117 g/mol. The van der Waals surface area contributed by atoms with E-state index < -0.39 is 6.16 Å². The first-order valence-corrected chi connectivity index (χ1v) is 2.54. The summed E-state index contributed by atoms with van der Waals surface area (Å²) in [6.07, 6.45) is -0.993. The number of hydrogen-bond acceptors (Lipinski definition) is 2. The van der Waals surface area contributed by atoms with E-state index in [-0.39, 0.29) is 6.10 Å². The van der Waals surface area contributed by atoms with Gasteiger partial charge in [-0.2, -0.15) is 9.90 Å². The fourth-order valence-corrected chi connectivity index (χ4v) is 0.248. The van der Waals surface area contributed by atoms with E-state index in [4.69, 9.17) is 0 Å². The van der Waals surface area contributed by atoms with Gasteiger partial charge in [-0.3, -0.25) is 0 Å². The summed E-state index contributed by atoms with van der Waals surface area (Å²) < 4.78 is 4.20. The molecule has 3 heteroatoms. The Bertz CT molecular complexity index is 79.7. The maximum absolute atomic E-state index is 9.64. The third-order valence-corrected chi connectivity index (χ3v) is 0.872. The summed E-state index contributed by atoms with van der Waals surface area (Å²) in [5.41, 5.74) is 0.